The summed E-state index contributed by atoms with van der Waals surface area (Å²) in [6, 6.07) is 12.6. The Morgan fingerprint density at radius 3 is 2.32 bits per heavy atom. The normalized spacial score (nSPS) is 20.9. The predicted molar refractivity (Wildman–Crippen MR) is 112 cm³/mol. The molecule has 2 saturated heterocycles. The first-order valence-electron chi connectivity index (χ1n) is 9.32. The summed E-state index contributed by atoms with van der Waals surface area (Å²) in [6.07, 6.45) is 0.205. The van der Waals surface area contributed by atoms with E-state index in [0.29, 0.717) is 23.8 Å². The highest BCUT2D eigenvalue weighted by molar-refractivity contribution is 6.33. The Kier molecular flexibility index (Phi) is 5.32. The van der Waals surface area contributed by atoms with Gasteiger partial charge in [0, 0.05) is 31.2 Å². The number of carbonyl (C=O) groups excluding carboxylic acids is 2. The van der Waals surface area contributed by atoms with Crippen LogP contribution in [0.5, 0.6) is 0 Å². The van der Waals surface area contributed by atoms with Crippen LogP contribution >= 0.6 is 23.2 Å². The SMILES string of the molecule is Cc1ccc(N2C(=O)C[C@@H](N3CCN(c4ccccc4Cl)CC3)C2=O)cc1Cl. The van der Waals surface area contributed by atoms with Crippen LogP contribution in [0.15, 0.2) is 42.5 Å². The van der Waals surface area contributed by atoms with E-state index in [1.165, 1.54) is 4.90 Å². The van der Waals surface area contributed by atoms with Gasteiger partial charge in [-0.3, -0.25) is 14.5 Å². The lowest BCUT2D eigenvalue weighted by atomic mass is 10.1. The molecule has 0 saturated carbocycles. The number of amides is 2. The number of carbonyl (C=O) groups is 2. The van der Waals surface area contributed by atoms with Crippen LogP contribution < -0.4 is 9.80 Å². The molecule has 5 nitrogen and oxygen atoms in total. The van der Waals surface area contributed by atoms with Crippen LogP contribution in [0.3, 0.4) is 0 Å². The number of anilines is 2. The molecule has 0 radical (unpaired) electrons. The second-order valence-corrected chi connectivity index (χ2v) is 8.01. The van der Waals surface area contributed by atoms with Crippen molar-refractivity contribution in [3.8, 4) is 0 Å². The quantitative estimate of drug-likeness (QED) is 0.713. The third-order valence-corrected chi connectivity index (χ3v) is 6.21. The van der Waals surface area contributed by atoms with Crippen LogP contribution in [-0.4, -0.2) is 48.9 Å². The summed E-state index contributed by atoms with van der Waals surface area (Å²) >= 11 is 12.5. The molecule has 0 aromatic heterocycles. The molecular formula is C21H21Cl2N3O2. The van der Waals surface area contributed by atoms with Crippen molar-refractivity contribution in [1.82, 2.24) is 4.90 Å². The van der Waals surface area contributed by atoms with Crippen molar-refractivity contribution < 1.29 is 9.59 Å². The first-order valence-corrected chi connectivity index (χ1v) is 10.1. The van der Waals surface area contributed by atoms with E-state index in [1.807, 2.05) is 37.3 Å². The maximum absolute atomic E-state index is 13.0. The van der Waals surface area contributed by atoms with Gasteiger partial charge in [-0.2, -0.15) is 0 Å². The van der Waals surface area contributed by atoms with E-state index in [-0.39, 0.29) is 18.2 Å². The zero-order valence-electron chi connectivity index (χ0n) is 15.6. The molecule has 0 N–H and O–H groups in total. The van der Waals surface area contributed by atoms with Gasteiger partial charge in [-0.1, -0.05) is 41.4 Å². The summed E-state index contributed by atoms with van der Waals surface area (Å²) in [6.45, 7) is 4.83. The third-order valence-electron chi connectivity index (χ3n) is 5.48. The Balaban J connectivity index is 1.46. The van der Waals surface area contributed by atoms with Gasteiger partial charge < -0.3 is 4.90 Å². The number of para-hydroxylation sites is 1. The lowest BCUT2D eigenvalue weighted by Crippen LogP contribution is -2.52. The average Bonchev–Trinajstić information content (AvgIpc) is 2.99. The fraction of sp³-hybridized carbons (Fsp3) is 0.333. The lowest BCUT2D eigenvalue weighted by molar-refractivity contribution is -0.123. The van der Waals surface area contributed by atoms with Gasteiger partial charge in [-0.05, 0) is 36.8 Å². The maximum Gasteiger partial charge on any atom is 0.251 e. The van der Waals surface area contributed by atoms with Gasteiger partial charge in [0.15, 0.2) is 0 Å². The number of piperazine rings is 1. The van der Waals surface area contributed by atoms with Crippen molar-refractivity contribution in [3.63, 3.8) is 0 Å². The van der Waals surface area contributed by atoms with E-state index >= 15 is 0 Å². The number of rotatable bonds is 3. The highest BCUT2D eigenvalue weighted by Crippen LogP contribution is 2.31. The predicted octanol–water partition coefficient (Wildman–Crippen LogP) is 3.76. The number of hydrogen-bond acceptors (Lipinski definition) is 4. The number of aryl methyl sites for hydroxylation is 1. The van der Waals surface area contributed by atoms with Crippen molar-refractivity contribution in [1.29, 1.82) is 0 Å². The van der Waals surface area contributed by atoms with Crippen molar-refractivity contribution in [2.24, 2.45) is 0 Å². The first kappa shape index (κ1) is 19.2. The molecular weight excluding hydrogens is 397 g/mol. The highest BCUT2D eigenvalue weighted by Gasteiger charge is 2.43. The van der Waals surface area contributed by atoms with E-state index in [1.54, 1.807) is 12.1 Å². The average molecular weight is 418 g/mol. The fourth-order valence-corrected chi connectivity index (χ4v) is 4.31. The summed E-state index contributed by atoms with van der Waals surface area (Å²) in [4.78, 5) is 31.2. The monoisotopic (exact) mass is 417 g/mol. The van der Waals surface area contributed by atoms with Gasteiger partial charge in [-0.25, -0.2) is 4.90 Å². The molecule has 2 aliphatic heterocycles. The van der Waals surface area contributed by atoms with Crippen LogP contribution in [0, 0.1) is 6.92 Å². The van der Waals surface area contributed by atoms with E-state index in [4.69, 9.17) is 23.2 Å². The Morgan fingerprint density at radius 2 is 1.64 bits per heavy atom. The van der Waals surface area contributed by atoms with Crippen molar-refractivity contribution in [2.75, 3.05) is 36.0 Å². The second kappa shape index (κ2) is 7.74. The van der Waals surface area contributed by atoms with Crippen LogP contribution in [0.2, 0.25) is 10.0 Å². The van der Waals surface area contributed by atoms with Crippen LogP contribution in [0.4, 0.5) is 11.4 Å². The van der Waals surface area contributed by atoms with Gasteiger partial charge in [0.2, 0.25) is 5.91 Å². The van der Waals surface area contributed by atoms with E-state index in [0.717, 1.165) is 29.4 Å². The molecule has 0 bridgehead atoms. The van der Waals surface area contributed by atoms with Gasteiger partial charge >= 0.3 is 0 Å². The van der Waals surface area contributed by atoms with E-state index in [2.05, 4.69) is 9.80 Å². The minimum absolute atomic E-state index is 0.170. The summed E-state index contributed by atoms with van der Waals surface area (Å²) in [5, 5.41) is 1.28. The van der Waals surface area contributed by atoms with Gasteiger partial charge in [-0.15, -0.1) is 0 Å². The number of imide groups is 1. The molecule has 2 aromatic carbocycles. The molecule has 0 spiro atoms. The Labute approximate surface area is 174 Å². The molecule has 1 atom stereocenters. The fourth-order valence-electron chi connectivity index (χ4n) is 3.88. The third kappa shape index (κ3) is 3.50. The Bertz CT molecular complexity index is 926. The molecule has 2 fully saturated rings. The summed E-state index contributed by atoms with van der Waals surface area (Å²) < 4.78 is 0. The lowest BCUT2D eigenvalue weighted by Gasteiger charge is -2.38. The van der Waals surface area contributed by atoms with Gasteiger partial charge in [0.25, 0.3) is 5.91 Å². The number of hydrogen-bond donors (Lipinski definition) is 0. The highest BCUT2D eigenvalue weighted by atomic mass is 35.5. The summed E-state index contributed by atoms with van der Waals surface area (Å²) in [5.41, 5.74) is 2.47. The largest absolute Gasteiger partial charge is 0.368 e. The maximum atomic E-state index is 13.0. The minimum atomic E-state index is -0.416. The summed E-state index contributed by atoms with van der Waals surface area (Å²) in [5.74, 6) is -0.348. The molecule has 2 heterocycles. The number of nitrogens with zero attached hydrogens (tertiary/aromatic N) is 3. The van der Waals surface area contributed by atoms with Crippen LogP contribution in [0.25, 0.3) is 0 Å². The molecule has 28 heavy (non-hydrogen) atoms. The van der Waals surface area contributed by atoms with Crippen LogP contribution in [-0.2, 0) is 9.59 Å². The topological polar surface area (TPSA) is 43.9 Å². The van der Waals surface area contributed by atoms with Gasteiger partial charge in [0.05, 0.1) is 28.9 Å². The standard InChI is InChI=1S/C21H21Cl2N3O2/c1-14-6-7-15(12-17(14)23)26-20(27)13-19(21(26)28)25-10-8-24(9-11-25)18-5-3-2-4-16(18)22/h2-7,12,19H,8-11,13H2,1H3/t19-/m1/s1. The molecule has 2 amide bonds. The zero-order valence-corrected chi connectivity index (χ0v) is 17.1. The smallest absolute Gasteiger partial charge is 0.251 e. The minimum Gasteiger partial charge on any atom is -0.368 e. The first-order chi connectivity index (χ1) is 13.5. The van der Waals surface area contributed by atoms with Crippen molar-refractivity contribution in [3.05, 3.63) is 58.1 Å². The molecule has 0 aliphatic carbocycles. The zero-order chi connectivity index (χ0) is 19.8. The van der Waals surface area contributed by atoms with E-state index < -0.39 is 6.04 Å². The number of benzene rings is 2. The van der Waals surface area contributed by atoms with Crippen LogP contribution in [0.1, 0.15) is 12.0 Å². The number of halogens is 2. The second-order valence-electron chi connectivity index (χ2n) is 7.20. The Hall–Kier alpha value is -2.08. The van der Waals surface area contributed by atoms with Gasteiger partial charge in [0.1, 0.15) is 0 Å². The van der Waals surface area contributed by atoms with E-state index in [9.17, 15) is 9.59 Å². The molecule has 2 aromatic rings. The molecule has 0 unspecified atom stereocenters. The molecule has 4 rings (SSSR count). The Morgan fingerprint density at radius 1 is 0.929 bits per heavy atom. The van der Waals surface area contributed by atoms with Crippen molar-refractivity contribution in [2.45, 2.75) is 19.4 Å². The van der Waals surface area contributed by atoms with Crippen molar-refractivity contribution >= 4 is 46.4 Å². The summed E-state index contributed by atoms with van der Waals surface area (Å²) in [7, 11) is 0. The molecule has 146 valence electrons. The molecule has 2 aliphatic rings. The molecule has 7 heteroatoms.